The summed E-state index contributed by atoms with van der Waals surface area (Å²) in [6.45, 7) is 0. The van der Waals surface area contributed by atoms with Crippen LogP contribution in [0.5, 0.6) is 5.88 Å². The molecule has 5 nitrogen and oxygen atoms in total. The SMILES string of the molecule is O=C(Nc1ccc(OC2CCCC2)nc1)[C@@H](O)C1CC1. The molecule has 0 bridgehead atoms. The maximum atomic E-state index is 11.7. The van der Waals surface area contributed by atoms with E-state index >= 15 is 0 Å². The molecular formula is C15H20N2O3. The van der Waals surface area contributed by atoms with E-state index in [9.17, 15) is 9.90 Å². The first-order chi connectivity index (χ1) is 9.72. The molecule has 2 saturated carbocycles. The number of aliphatic hydroxyl groups excluding tert-OH is 1. The van der Waals surface area contributed by atoms with Gasteiger partial charge in [-0.25, -0.2) is 4.98 Å². The first kappa shape index (κ1) is 13.4. The Morgan fingerprint density at radius 2 is 2.05 bits per heavy atom. The first-order valence-electron chi connectivity index (χ1n) is 7.34. The third kappa shape index (κ3) is 3.28. The fourth-order valence-electron chi connectivity index (χ4n) is 2.54. The van der Waals surface area contributed by atoms with E-state index in [1.807, 2.05) is 0 Å². The van der Waals surface area contributed by atoms with Crippen molar-refractivity contribution in [1.29, 1.82) is 0 Å². The van der Waals surface area contributed by atoms with Crippen LogP contribution in [-0.4, -0.2) is 28.2 Å². The van der Waals surface area contributed by atoms with Crippen LogP contribution in [-0.2, 0) is 4.79 Å². The van der Waals surface area contributed by atoms with Crippen LogP contribution < -0.4 is 10.1 Å². The summed E-state index contributed by atoms with van der Waals surface area (Å²) in [5, 5.41) is 12.4. The van der Waals surface area contributed by atoms with E-state index in [2.05, 4.69) is 10.3 Å². The van der Waals surface area contributed by atoms with Crippen LogP contribution in [0.3, 0.4) is 0 Å². The standard InChI is InChI=1S/C15H20N2O3/c18-14(10-5-6-10)15(19)17-11-7-8-13(16-9-11)20-12-3-1-2-4-12/h7-10,12,14,18H,1-6H2,(H,17,19)/t14-/m0/s1. The third-order valence-electron chi connectivity index (χ3n) is 3.93. The van der Waals surface area contributed by atoms with Crippen molar-refractivity contribution < 1.29 is 14.6 Å². The van der Waals surface area contributed by atoms with E-state index < -0.39 is 6.10 Å². The van der Waals surface area contributed by atoms with Gasteiger partial charge in [0.2, 0.25) is 5.88 Å². The highest BCUT2D eigenvalue weighted by Gasteiger charge is 2.34. The lowest BCUT2D eigenvalue weighted by molar-refractivity contribution is -0.124. The lowest BCUT2D eigenvalue weighted by atomic mass is 10.2. The highest BCUT2D eigenvalue weighted by atomic mass is 16.5. The second-order valence-electron chi connectivity index (χ2n) is 5.68. The van der Waals surface area contributed by atoms with Gasteiger partial charge in [-0.05, 0) is 50.5 Å². The van der Waals surface area contributed by atoms with Crippen molar-refractivity contribution in [3.05, 3.63) is 18.3 Å². The van der Waals surface area contributed by atoms with Crippen LogP contribution >= 0.6 is 0 Å². The fraction of sp³-hybridized carbons (Fsp3) is 0.600. The zero-order valence-electron chi connectivity index (χ0n) is 11.4. The molecule has 20 heavy (non-hydrogen) atoms. The number of hydrogen-bond donors (Lipinski definition) is 2. The molecule has 0 saturated heterocycles. The molecule has 2 aliphatic carbocycles. The quantitative estimate of drug-likeness (QED) is 0.864. The second-order valence-corrected chi connectivity index (χ2v) is 5.68. The molecule has 108 valence electrons. The molecule has 2 aliphatic rings. The molecule has 0 unspecified atom stereocenters. The van der Waals surface area contributed by atoms with Crippen LogP contribution in [0.2, 0.25) is 0 Å². The lowest BCUT2D eigenvalue weighted by Gasteiger charge is -2.13. The summed E-state index contributed by atoms with van der Waals surface area (Å²) >= 11 is 0. The molecule has 2 N–H and O–H groups in total. The van der Waals surface area contributed by atoms with Gasteiger partial charge in [0.15, 0.2) is 0 Å². The Kier molecular flexibility index (Phi) is 3.87. The van der Waals surface area contributed by atoms with Crippen molar-refractivity contribution in [2.75, 3.05) is 5.32 Å². The summed E-state index contributed by atoms with van der Waals surface area (Å²) in [6, 6.07) is 3.52. The smallest absolute Gasteiger partial charge is 0.253 e. The normalized spacial score (nSPS) is 20.6. The molecular weight excluding hydrogens is 256 g/mol. The Hall–Kier alpha value is -1.62. The second kappa shape index (κ2) is 5.79. The molecule has 1 aromatic rings. The highest BCUT2D eigenvalue weighted by molar-refractivity contribution is 5.94. The predicted octanol–water partition coefficient (Wildman–Crippen LogP) is 2.11. The van der Waals surface area contributed by atoms with Gasteiger partial charge in [-0.1, -0.05) is 0 Å². The maximum Gasteiger partial charge on any atom is 0.253 e. The Bertz CT molecular complexity index is 465. The number of carbonyl (C=O) groups excluding carboxylic acids is 1. The summed E-state index contributed by atoms with van der Waals surface area (Å²) in [4.78, 5) is 15.9. The van der Waals surface area contributed by atoms with Crippen LogP contribution in [0.15, 0.2) is 18.3 Å². The summed E-state index contributed by atoms with van der Waals surface area (Å²) in [5.41, 5.74) is 0.591. The van der Waals surface area contributed by atoms with E-state index in [0.29, 0.717) is 11.6 Å². The molecule has 0 radical (unpaired) electrons. The molecule has 0 aliphatic heterocycles. The van der Waals surface area contributed by atoms with E-state index in [-0.39, 0.29) is 17.9 Å². The largest absolute Gasteiger partial charge is 0.474 e. The van der Waals surface area contributed by atoms with Gasteiger partial charge in [-0.2, -0.15) is 0 Å². The summed E-state index contributed by atoms with van der Waals surface area (Å²) in [7, 11) is 0. The number of ether oxygens (including phenoxy) is 1. The van der Waals surface area contributed by atoms with Gasteiger partial charge in [-0.15, -0.1) is 0 Å². The van der Waals surface area contributed by atoms with Gasteiger partial charge in [0, 0.05) is 6.07 Å². The van der Waals surface area contributed by atoms with Crippen LogP contribution in [0.1, 0.15) is 38.5 Å². The number of carbonyl (C=O) groups is 1. The zero-order valence-corrected chi connectivity index (χ0v) is 11.4. The number of aliphatic hydroxyl groups is 1. The van der Waals surface area contributed by atoms with Crippen LogP contribution in [0.4, 0.5) is 5.69 Å². The predicted molar refractivity (Wildman–Crippen MR) is 74.5 cm³/mol. The number of rotatable bonds is 5. The Balaban J connectivity index is 1.53. The fourth-order valence-corrected chi connectivity index (χ4v) is 2.54. The molecule has 1 aromatic heterocycles. The van der Waals surface area contributed by atoms with Crippen molar-refractivity contribution in [3.8, 4) is 5.88 Å². The number of nitrogens with one attached hydrogen (secondary N) is 1. The zero-order chi connectivity index (χ0) is 13.9. The van der Waals surface area contributed by atoms with Gasteiger partial charge < -0.3 is 15.2 Å². The molecule has 0 spiro atoms. The first-order valence-corrected chi connectivity index (χ1v) is 7.34. The van der Waals surface area contributed by atoms with Crippen LogP contribution in [0.25, 0.3) is 0 Å². The topological polar surface area (TPSA) is 71.5 Å². The number of nitrogens with zero attached hydrogens (tertiary/aromatic N) is 1. The number of pyridine rings is 1. The van der Waals surface area contributed by atoms with Gasteiger partial charge >= 0.3 is 0 Å². The number of anilines is 1. The monoisotopic (exact) mass is 276 g/mol. The van der Waals surface area contributed by atoms with Crippen LogP contribution in [0, 0.1) is 5.92 Å². The summed E-state index contributed by atoms with van der Waals surface area (Å²) < 4.78 is 5.76. The third-order valence-corrected chi connectivity index (χ3v) is 3.93. The Morgan fingerprint density at radius 1 is 1.30 bits per heavy atom. The number of amides is 1. The van der Waals surface area contributed by atoms with Crippen molar-refractivity contribution in [2.45, 2.75) is 50.7 Å². The number of aromatic nitrogens is 1. The molecule has 1 amide bonds. The molecule has 5 heteroatoms. The Labute approximate surface area is 118 Å². The van der Waals surface area contributed by atoms with Gasteiger partial charge in [0.25, 0.3) is 5.91 Å². The average Bonchev–Trinajstić information content (AvgIpc) is 3.18. The Morgan fingerprint density at radius 3 is 2.65 bits per heavy atom. The van der Waals surface area contributed by atoms with Gasteiger partial charge in [0.1, 0.15) is 12.2 Å². The summed E-state index contributed by atoms with van der Waals surface area (Å²) in [6.07, 6.45) is 7.44. The van der Waals surface area contributed by atoms with E-state index in [4.69, 9.17) is 4.74 Å². The van der Waals surface area contributed by atoms with Crippen molar-refractivity contribution in [2.24, 2.45) is 5.92 Å². The van der Waals surface area contributed by atoms with Crippen molar-refractivity contribution in [1.82, 2.24) is 4.98 Å². The highest BCUT2D eigenvalue weighted by Crippen LogP contribution is 2.33. The van der Waals surface area contributed by atoms with Gasteiger partial charge in [-0.3, -0.25) is 4.79 Å². The van der Waals surface area contributed by atoms with E-state index in [1.54, 1.807) is 18.3 Å². The molecule has 1 atom stereocenters. The van der Waals surface area contributed by atoms with Gasteiger partial charge in [0.05, 0.1) is 11.9 Å². The lowest BCUT2D eigenvalue weighted by Crippen LogP contribution is -2.29. The minimum Gasteiger partial charge on any atom is -0.474 e. The minimum absolute atomic E-state index is 0.132. The number of hydrogen-bond acceptors (Lipinski definition) is 4. The molecule has 3 rings (SSSR count). The molecule has 1 heterocycles. The molecule has 0 aromatic carbocycles. The van der Waals surface area contributed by atoms with Crippen molar-refractivity contribution in [3.63, 3.8) is 0 Å². The van der Waals surface area contributed by atoms with E-state index in [1.165, 1.54) is 12.8 Å². The minimum atomic E-state index is -0.899. The maximum absolute atomic E-state index is 11.7. The van der Waals surface area contributed by atoms with E-state index in [0.717, 1.165) is 25.7 Å². The average molecular weight is 276 g/mol. The molecule has 2 fully saturated rings. The van der Waals surface area contributed by atoms with Crippen molar-refractivity contribution >= 4 is 11.6 Å². The summed E-state index contributed by atoms with van der Waals surface area (Å²) in [5.74, 6) is 0.379.